The summed E-state index contributed by atoms with van der Waals surface area (Å²) in [6, 6.07) is 10.2. The number of nitrogens with one attached hydrogen (secondary N) is 1. The fraction of sp³-hybridized carbons (Fsp3) is 0.304. The highest BCUT2D eigenvalue weighted by molar-refractivity contribution is 6.24. The van der Waals surface area contributed by atoms with E-state index in [4.69, 9.17) is 5.73 Å². The molecule has 8 nitrogen and oxygen atoms in total. The summed E-state index contributed by atoms with van der Waals surface area (Å²) >= 11 is 0. The van der Waals surface area contributed by atoms with Crippen LogP contribution < -0.4 is 11.1 Å². The standard InChI is InChI=1S/C23H22N4O4/c24-16-5-4-14-11-26(9-8-13(14)10-16)12-15-2-1-3-17-20(15)23(31)27(22(17)30)18-6-7-19(28)25-21(18)29/h1-5,10,18H,6-9,11-12,24H2,(H,25,28,29). The average molecular weight is 418 g/mol. The van der Waals surface area contributed by atoms with Crippen molar-refractivity contribution < 1.29 is 19.2 Å². The Kier molecular flexibility index (Phi) is 4.59. The topological polar surface area (TPSA) is 113 Å². The number of nitrogens with two attached hydrogens (primary N) is 1. The van der Waals surface area contributed by atoms with Crippen LogP contribution in [0.2, 0.25) is 0 Å². The Morgan fingerprint density at radius 2 is 1.84 bits per heavy atom. The molecular formula is C23H22N4O4. The molecule has 31 heavy (non-hydrogen) atoms. The lowest BCUT2D eigenvalue weighted by atomic mass is 9.97. The minimum Gasteiger partial charge on any atom is -0.399 e. The first-order valence-electron chi connectivity index (χ1n) is 10.4. The van der Waals surface area contributed by atoms with E-state index in [1.165, 1.54) is 11.1 Å². The Balaban J connectivity index is 1.40. The lowest BCUT2D eigenvalue weighted by molar-refractivity contribution is -0.136. The largest absolute Gasteiger partial charge is 0.399 e. The number of rotatable bonds is 3. The maximum Gasteiger partial charge on any atom is 0.262 e. The van der Waals surface area contributed by atoms with E-state index in [2.05, 4.69) is 10.2 Å². The Hall–Kier alpha value is -3.52. The van der Waals surface area contributed by atoms with Gasteiger partial charge in [0.25, 0.3) is 11.8 Å². The van der Waals surface area contributed by atoms with E-state index < -0.39 is 23.8 Å². The van der Waals surface area contributed by atoms with Crippen molar-refractivity contribution in [1.29, 1.82) is 0 Å². The van der Waals surface area contributed by atoms with E-state index in [9.17, 15) is 19.2 Å². The molecule has 0 aliphatic carbocycles. The summed E-state index contributed by atoms with van der Waals surface area (Å²) in [7, 11) is 0. The van der Waals surface area contributed by atoms with E-state index >= 15 is 0 Å². The molecule has 0 aromatic heterocycles. The summed E-state index contributed by atoms with van der Waals surface area (Å²) in [5.41, 5.74) is 10.5. The summed E-state index contributed by atoms with van der Waals surface area (Å²) in [5.74, 6) is -1.92. The Morgan fingerprint density at radius 3 is 2.65 bits per heavy atom. The van der Waals surface area contributed by atoms with Crippen molar-refractivity contribution in [2.75, 3.05) is 12.3 Å². The smallest absolute Gasteiger partial charge is 0.262 e. The minimum absolute atomic E-state index is 0.106. The molecule has 3 N–H and O–H groups in total. The number of amides is 4. The van der Waals surface area contributed by atoms with Gasteiger partial charge in [-0.15, -0.1) is 0 Å². The van der Waals surface area contributed by atoms with Gasteiger partial charge in [-0.05, 0) is 47.7 Å². The van der Waals surface area contributed by atoms with Crippen molar-refractivity contribution in [2.24, 2.45) is 0 Å². The van der Waals surface area contributed by atoms with Gasteiger partial charge in [-0.2, -0.15) is 0 Å². The maximum atomic E-state index is 13.2. The number of nitrogens with zero attached hydrogens (tertiary/aromatic N) is 2. The molecule has 0 spiro atoms. The van der Waals surface area contributed by atoms with Crippen LogP contribution in [0, 0.1) is 0 Å². The molecule has 3 aliphatic rings. The molecule has 1 saturated heterocycles. The van der Waals surface area contributed by atoms with E-state index in [1.54, 1.807) is 12.1 Å². The first-order chi connectivity index (χ1) is 14.9. The van der Waals surface area contributed by atoms with Crippen molar-refractivity contribution in [2.45, 2.75) is 38.4 Å². The molecule has 3 heterocycles. The summed E-state index contributed by atoms with van der Waals surface area (Å²) in [5, 5.41) is 2.23. The summed E-state index contributed by atoms with van der Waals surface area (Å²) in [4.78, 5) is 53.2. The molecular weight excluding hydrogens is 396 g/mol. The maximum absolute atomic E-state index is 13.2. The Morgan fingerprint density at radius 1 is 1.00 bits per heavy atom. The second-order valence-corrected chi connectivity index (χ2v) is 8.28. The molecule has 0 bridgehead atoms. The van der Waals surface area contributed by atoms with Gasteiger partial charge in [0.2, 0.25) is 11.8 Å². The number of imide groups is 2. The molecule has 3 aliphatic heterocycles. The van der Waals surface area contributed by atoms with Gasteiger partial charge in [-0.1, -0.05) is 18.2 Å². The quantitative estimate of drug-likeness (QED) is 0.573. The third-order valence-electron chi connectivity index (χ3n) is 6.27. The van der Waals surface area contributed by atoms with Crippen LogP contribution in [0.1, 0.15) is 50.2 Å². The lowest BCUT2D eigenvalue weighted by Gasteiger charge is -2.29. The van der Waals surface area contributed by atoms with Crippen molar-refractivity contribution in [3.8, 4) is 0 Å². The van der Waals surface area contributed by atoms with E-state index in [0.29, 0.717) is 17.7 Å². The van der Waals surface area contributed by atoms with Gasteiger partial charge in [-0.3, -0.25) is 34.3 Å². The second-order valence-electron chi connectivity index (χ2n) is 8.28. The number of anilines is 1. The van der Waals surface area contributed by atoms with Crippen LogP contribution in [0.25, 0.3) is 0 Å². The first kappa shape index (κ1) is 19.4. The van der Waals surface area contributed by atoms with E-state index in [-0.39, 0.29) is 18.7 Å². The highest BCUT2D eigenvalue weighted by atomic mass is 16.2. The molecule has 4 amide bonds. The van der Waals surface area contributed by atoms with Crippen LogP contribution in [0.15, 0.2) is 36.4 Å². The monoisotopic (exact) mass is 418 g/mol. The highest BCUT2D eigenvalue weighted by Gasteiger charge is 2.45. The highest BCUT2D eigenvalue weighted by Crippen LogP contribution is 2.31. The third-order valence-corrected chi connectivity index (χ3v) is 6.27. The van der Waals surface area contributed by atoms with Gasteiger partial charge >= 0.3 is 0 Å². The molecule has 1 fully saturated rings. The molecule has 0 radical (unpaired) electrons. The van der Waals surface area contributed by atoms with Crippen LogP contribution in [0.4, 0.5) is 5.69 Å². The SMILES string of the molecule is Nc1ccc2c(c1)CCN(Cc1cccc3c1C(=O)N(C1CCC(=O)NC1=O)C3=O)C2. The Bertz CT molecular complexity index is 1140. The van der Waals surface area contributed by atoms with Crippen LogP contribution in [0.5, 0.6) is 0 Å². The molecule has 1 atom stereocenters. The molecule has 8 heteroatoms. The normalized spacial score (nSPS) is 21.2. The first-order valence-corrected chi connectivity index (χ1v) is 10.4. The molecule has 158 valence electrons. The molecule has 0 saturated carbocycles. The summed E-state index contributed by atoms with van der Waals surface area (Å²) in [6.07, 6.45) is 1.12. The minimum atomic E-state index is -0.953. The fourth-order valence-corrected chi connectivity index (χ4v) is 4.72. The third kappa shape index (κ3) is 3.29. The zero-order valence-corrected chi connectivity index (χ0v) is 16.9. The van der Waals surface area contributed by atoms with Crippen molar-refractivity contribution in [1.82, 2.24) is 15.1 Å². The van der Waals surface area contributed by atoms with Crippen LogP contribution in [-0.4, -0.2) is 46.0 Å². The molecule has 2 aromatic rings. The molecule has 2 aromatic carbocycles. The molecule has 1 unspecified atom stereocenters. The van der Waals surface area contributed by atoms with Gasteiger partial charge in [0.05, 0.1) is 11.1 Å². The van der Waals surface area contributed by atoms with Crippen molar-refractivity contribution in [3.63, 3.8) is 0 Å². The van der Waals surface area contributed by atoms with Crippen molar-refractivity contribution >= 4 is 29.3 Å². The predicted octanol–water partition coefficient (Wildman–Crippen LogP) is 1.23. The average Bonchev–Trinajstić information content (AvgIpc) is 3.00. The van der Waals surface area contributed by atoms with Gasteiger partial charge in [0, 0.05) is 31.7 Å². The summed E-state index contributed by atoms with van der Waals surface area (Å²) in [6.45, 7) is 2.08. The Labute approximate surface area is 179 Å². The van der Waals surface area contributed by atoms with Crippen LogP contribution in [-0.2, 0) is 29.1 Å². The second kappa shape index (κ2) is 7.31. The molecule has 5 rings (SSSR count). The number of benzene rings is 2. The van der Waals surface area contributed by atoms with E-state index in [0.717, 1.165) is 35.7 Å². The lowest BCUT2D eigenvalue weighted by Crippen LogP contribution is -2.54. The number of fused-ring (bicyclic) bond motifs is 2. The van der Waals surface area contributed by atoms with Gasteiger partial charge in [-0.25, -0.2) is 0 Å². The fourth-order valence-electron chi connectivity index (χ4n) is 4.72. The van der Waals surface area contributed by atoms with Crippen LogP contribution >= 0.6 is 0 Å². The number of hydrogen-bond acceptors (Lipinski definition) is 6. The van der Waals surface area contributed by atoms with Gasteiger partial charge in [0.15, 0.2) is 0 Å². The zero-order chi connectivity index (χ0) is 21.7. The van der Waals surface area contributed by atoms with Gasteiger partial charge < -0.3 is 5.73 Å². The number of carbonyl (C=O) groups excluding carboxylic acids is 4. The van der Waals surface area contributed by atoms with Crippen LogP contribution in [0.3, 0.4) is 0 Å². The summed E-state index contributed by atoms with van der Waals surface area (Å²) < 4.78 is 0. The predicted molar refractivity (Wildman–Crippen MR) is 112 cm³/mol. The number of piperidine rings is 1. The number of hydrogen-bond donors (Lipinski definition) is 2. The number of nitrogen functional groups attached to an aromatic ring is 1. The van der Waals surface area contributed by atoms with E-state index in [1.807, 2.05) is 24.3 Å². The number of carbonyl (C=O) groups is 4. The van der Waals surface area contributed by atoms with Crippen molar-refractivity contribution in [3.05, 3.63) is 64.2 Å². The van der Waals surface area contributed by atoms with Gasteiger partial charge in [0.1, 0.15) is 6.04 Å². The zero-order valence-electron chi connectivity index (χ0n) is 16.9.